The first kappa shape index (κ1) is 14.4. The van der Waals surface area contributed by atoms with Crippen molar-refractivity contribution >= 4 is 21.6 Å². The van der Waals surface area contributed by atoms with E-state index in [-0.39, 0.29) is 23.4 Å². The van der Waals surface area contributed by atoms with Crippen LogP contribution in [0.5, 0.6) is 11.6 Å². The Hall–Kier alpha value is -1.99. The van der Waals surface area contributed by atoms with E-state index in [2.05, 4.69) is 20.9 Å². The zero-order valence-electron chi connectivity index (χ0n) is 10.6. The molecule has 0 amide bonds. The van der Waals surface area contributed by atoms with Crippen molar-refractivity contribution in [2.75, 3.05) is 0 Å². The zero-order valence-corrected chi connectivity index (χ0v) is 12.2. The first-order valence-corrected chi connectivity index (χ1v) is 6.60. The molecule has 1 heterocycles. The summed E-state index contributed by atoms with van der Waals surface area (Å²) in [6, 6.07) is 7.86. The Labute approximate surface area is 123 Å². The number of ether oxygens (including phenoxy) is 1. The number of rotatable bonds is 4. The summed E-state index contributed by atoms with van der Waals surface area (Å²) in [4.78, 5) is 14.5. The molecule has 0 saturated heterocycles. The fraction of sp³-hybridized carbons (Fsp3) is 0.154. The second-order valence-electron chi connectivity index (χ2n) is 4.16. The smallest absolute Gasteiger partial charge is 0.312 e. The van der Waals surface area contributed by atoms with Crippen LogP contribution in [0.15, 0.2) is 41.0 Å². The van der Waals surface area contributed by atoms with Crippen LogP contribution in [-0.4, -0.2) is 9.91 Å². The number of pyridine rings is 1. The van der Waals surface area contributed by atoms with E-state index in [1.54, 1.807) is 30.5 Å². The molecule has 0 saturated carbocycles. The Bertz CT molecular complexity index is 647. The Morgan fingerprint density at radius 2 is 2.20 bits per heavy atom. The van der Waals surface area contributed by atoms with E-state index >= 15 is 0 Å². The molecule has 20 heavy (non-hydrogen) atoms. The number of nitrogens with two attached hydrogens (primary N) is 1. The summed E-state index contributed by atoms with van der Waals surface area (Å²) < 4.78 is 6.02. The van der Waals surface area contributed by atoms with Crippen LogP contribution in [0, 0.1) is 10.1 Å². The van der Waals surface area contributed by atoms with Crippen LogP contribution in [0.3, 0.4) is 0 Å². The molecule has 2 aromatic rings. The molecule has 7 heteroatoms. The van der Waals surface area contributed by atoms with Crippen molar-refractivity contribution < 1.29 is 9.66 Å². The van der Waals surface area contributed by atoms with Gasteiger partial charge in [0.15, 0.2) is 0 Å². The van der Waals surface area contributed by atoms with Crippen LogP contribution in [0.4, 0.5) is 5.69 Å². The van der Waals surface area contributed by atoms with Crippen molar-refractivity contribution in [3.63, 3.8) is 0 Å². The van der Waals surface area contributed by atoms with Gasteiger partial charge in [-0.15, -0.1) is 0 Å². The molecule has 1 aromatic carbocycles. The molecule has 0 aliphatic carbocycles. The molecule has 1 aromatic heterocycles. The predicted molar refractivity (Wildman–Crippen MR) is 77.7 cm³/mol. The number of benzene rings is 1. The van der Waals surface area contributed by atoms with Crippen LogP contribution in [0.2, 0.25) is 0 Å². The first-order valence-electron chi connectivity index (χ1n) is 5.81. The molecule has 0 bridgehead atoms. The third kappa shape index (κ3) is 3.12. The van der Waals surface area contributed by atoms with Gasteiger partial charge in [0.2, 0.25) is 11.6 Å². The maximum absolute atomic E-state index is 11.0. The molecule has 0 aliphatic rings. The summed E-state index contributed by atoms with van der Waals surface area (Å²) in [6.07, 6.45) is 1.55. The van der Waals surface area contributed by atoms with E-state index in [9.17, 15) is 10.1 Å². The number of halogens is 1. The molecule has 6 nitrogen and oxygen atoms in total. The van der Waals surface area contributed by atoms with Gasteiger partial charge < -0.3 is 10.5 Å². The van der Waals surface area contributed by atoms with E-state index in [1.807, 2.05) is 6.92 Å². The van der Waals surface area contributed by atoms with E-state index in [0.29, 0.717) is 4.47 Å². The quantitative estimate of drug-likeness (QED) is 0.680. The van der Waals surface area contributed by atoms with Gasteiger partial charge in [-0.3, -0.25) is 10.1 Å². The summed E-state index contributed by atoms with van der Waals surface area (Å²) in [7, 11) is 0. The Morgan fingerprint density at radius 1 is 1.45 bits per heavy atom. The molecule has 2 N–H and O–H groups in total. The summed E-state index contributed by atoms with van der Waals surface area (Å²) in [5.41, 5.74) is 6.49. The molecule has 1 atom stereocenters. The second-order valence-corrected chi connectivity index (χ2v) is 5.02. The number of nitro groups is 1. The lowest BCUT2D eigenvalue weighted by Crippen LogP contribution is -2.05. The lowest BCUT2D eigenvalue weighted by molar-refractivity contribution is -0.385. The molecule has 0 unspecified atom stereocenters. The van der Waals surface area contributed by atoms with Crippen molar-refractivity contribution in [3.8, 4) is 11.6 Å². The van der Waals surface area contributed by atoms with E-state index in [1.165, 1.54) is 6.07 Å². The first-order chi connectivity index (χ1) is 9.49. The molecule has 0 spiro atoms. The van der Waals surface area contributed by atoms with Crippen molar-refractivity contribution in [1.29, 1.82) is 0 Å². The average molecular weight is 338 g/mol. The van der Waals surface area contributed by atoms with Crippen LogP contribution < -0.4 is 10.5 Å². The van der Waals surface area contributed by atoms with Gasteiger partial charge in [0.25, 0.3) is 0 Å². The molecule has 104 valence electrons. The Kier molecular flexibility index (Phi) is 4.31. The normalized spacial score (nSPS) is 11.9. The SMILES string of the molecule is C[C@@H](N)c1ccnc(Oc2c(Br)cccc2[N+](=O)[O-])c1. The third-order valence-electron chi connectivity index (χ3n) is 2.63. The van der Waals surface area contributed by atoms with Crippen molar-refractivity contribution in [2.24, 2.45) is 5.73 Å². The molecule has 0 radical (unpaired) electrons. The standard InChI is InChI=1S/C13H12BrN3O3/c1-8(15)9-5-6-16-12(7-9)20-13-10(14)3-2-4-11(13)17(18)19/h2-8H,15H2,1H3/t8-/m1/s1. The maximum Gasteiger partial charge on any atom is 0.312 e. The topological polar surface area (TPSA) is 91.3 Å². The summed E-state index contributed by atoms with van der Waals surface area (Å²) >= 11 is 3.24. The van der Waals surface area contributed by atoms with Crippen molar-refractivity contribution in [3.05, 3.63) is 56.7 Å². The fourth-order valence-electron chi connectivity index (χ4n) is 1.61. The number of hydrogen-bond acceptors (Lipinski definition) is 5. The average Bonchev–Trinajstić information content (AvgIpc) is 2.41. The fourth-order valence-corrected chi connectivity index (χ4v) is 2.05. The largest absolute Gasteiger partial charge is 0.431 e. The molecular weight excluding hydrogens is 326 g/mol. The number of para-hydroxylation sites is 1. The van der Waals surface area contributed by atoms with Gasteiger partial charge in [0.1, 0.15) is 0 Å². The second kappa shape index (κ2) is 5.98. The third-order valence-corrected chi connectivity index (χ3v) is 3.26. The monoisotopic (exact) mass is 337 g/mol. The molecular formula is C13H12BrN3O3. The summed E-state index contributed by atoms with van der Waals surface area (Å²) in [6.45, 7) is 1.83. The lowest BCUT2D eigenvalue weighted by Gasteiger charge is -2.10. The molecule has 2 rings (SSSR count). The minimum Gasteiger partial charge on any atom is -0.431 e. The van der Waals surface area contributed by atoms with E-state index < -0.39 is 4.92 Å². The minimum atomic E-state index is -0.504. The molecule has 0 aliphatic heterocycles. The lowest BCUT2D eigenvalue weighted by atomic mass is 10.1. The van der Waals surface area contributed by atoms with Crippen LogP contribution in [0.25, 0.3) is 0 Å². The predicted octanol–water partition coefficient (Wildman–Crippen LogP) is 3.56. The van der Waals surface area contributed by atoms with Gasteiger partial charge in [-0.25, -0.2) is 4.98 Å². The highest BCUT2D eigenvalue weighted by Crippen LogP contribution is 2.37. The zero-order chi connectivity index (χ0) is 14.7. The Morgan fingerprint density at radius 3 is 2.85 bits per heavy atom. The summed E-state index contributed by atoms with van der Waals surface area (Å²) in [5, 5.41) is 11.0. The number of nitrogens with zero attached hydrogens (tertiary/aromatic N) is 2. The van der Waals surface area contributed by atoms with Crippen LogP contribution in [0.1, 0.15) is 18.5 Å². The van der Waals surface area contributed by atoms with Crippen LogP contribution in [-0.2, 0) is 0 Å². The number of aromatic nitrogens is 1. The molecule has 0 fully saturated rings. The van der Waals surface area contributed by atoms with Crippen molar-refractivity contribution in [1.82, 2.24) is 4.98 Å². The Balaban J connectivity index is 2.40. The summed E-state index contributed by atoms with van der Waals surface area (Å²) in [5.74, 6) is 0.377. The van der Waals surface area contributed by atoms with Crippen molar-refractivity contribution in [2.45, 2.75) is 13.0 Å². The number of hydrogen-bond donors (Lipinski definition) is 1. The van der Waals surface area contributed by atoms with E-state index in [4.69, 9.17) is 10.5 Å². The highest BCUT2D eigenvalue weighted by molar-refractivity contribution is 9.10. The minimum absolute atomic E-state index is 0.117. The van der Waals surface area contributed by atoms with Gasteiger partial charge >= 0.3 is 5.69 Å². The van der Waals surface area contributed by atoms with Gasteiger partial charge in [-0.2, -0.15) is 0 Å². The number of nitro benzene ring substituents is 1. The van der Waals surface area contributed by atoms with Gasteiger partial charge in [-0.05, 0) is 40.5 Å². The van der Waals surface area contributed by atoms with Gasteiger partial charge in [-0.1, -0.05) is 6.07 Å². The maximum atomic E-state index is 11.0. The van der Waals surface area contributed by atoms with Crippen LogP contribution >= 0.6 is 15.9 Å². The van der Waals surface area contributed by atoms with Gasteiger partial charge in [0.05, 0.1) is 9.40 Å². The van der Waals surface area contributed by atoms with E-state index in [0.717, 1.165) is 5.56 Å². The van der Waals surface area contributed by atoms with Gasteiger partial charge in [0, 0.05) is 24.4 Å². The highest BCUT2D eigenvalue weighted by Gasteiger charge is 2.19. The highest BCUT2D eigenvalue weighted by atomic mass is 79.9.